The summed E-state index contributed by atoms with van der Waals surface area (Å²) >= 11 is 0. The number of rotatable bonds is 50. The van der Waals surface area contributed by atoms with Gasteiger partial charge in [-0.15, -0.1) is 0 Å². The Labute approximate surface area is 501 Å². The van der Waals surface area contributed by atoms with Gasteiger partial charge in [0.25, 0.3) is 0 Å². The van der Waals surface area contributed by atoms with E-state index in [1.807, 2.05) is 6.92 Å². The highest BCUT2D eigenvalue weighted by atomic mass is 16.6. The average Bonchev–Trinajstić information content (AvgIpc) is 3.65. The molecule has 26 nitrogen and oxygen atoms in total. The van der Waals surface area contributed by atoms with Crippen LogP contribution in [-0.4, -0.2) is 132 Å². The molecule has 4 amide bonds. The van der Waals surface area contributed by atoms with Crippen LogP contribution in [0.25, 0.3) is 0 Å². The summed E-state index contributed by atoms with van der Waals surface area (Å²) in [6.07, 6.45) is 15.4. The van der Waals surface area contributed by atoms with Gasteiger partial charge in [-0.25, -0.2) is 65.8 Å². The normalized spacial score (nSPS) is 11.0. The zero-order valence-electron chi connectivity index (χ0n) is 50.8. The maximum Gasteiger partial charge on any atom is 0.407 e. The lowest BCUT2D eigenvalue weighted by atomic mass is 10.1. The van der Waals surface area contributed by atoms with Gasteiger partial charge < -0.3 is 40.2 Å². The highest BCUT2D eigenvalue weighted by Gasteiger charge is 2.18. The van der Waals surface area contributed by atoms with Gasteiger partial charge in [-0.2, -0.15) is 0 Å². The molecule has 28 heteroatoms. The molecule has 2 aromatic heterocycles. The molecule has 0 aliphatic carbocycles. The van der Waals surface area contributed by atoms with E-state index >= 15 is 0 Å². The summed E-state index contributed by atoms with van der Waals surface area (Å²) in [7, 11) is 12.0. The second-order valence-electron chi connectivity index (χ2n) is 21.0. The number of amides is 4. The van der Waals surface area contributed by atoms with E-state index in [0.717, 1.165) is 53.1 Å². The number of aromatic nitrogens is 6. The number of hydrogen-bond acceptors (Lipinski definition) is 16. The minimum Gasteiger partial charge on any atom is -0.469 e. The fraction of sp³-hybridized carbons (Fsp3) is 0.789. The van der Waals surface area contributed by atoms with Gasteiger partial charge in [0.1, 0.15) is 0 Å². The molecule has 0 spiro atoms. The van der Waals surface area contributed by atoms with Crippen molar-refractivity contribution in [2.75, 3.05) is 53.1 Å². The van der Waals surface area contributed by atoms with Crippen LogP contribution in [-0.2, 0) is 77.4 Å². The number of carbonyl (C=O) groups is 6. The SMILES string of the molecule is [B]CC(=O)NCCCCCCn1c(=O)n(CCCCCCNC(=O)OCCCOC(=O)CCCCCCn2c(=O)n(CCCCCCNC(=O)C[B])c(=O)n(CCCCCCNC(=O)OCCC)c2=O)c(=O)n(CCCCCCC(=O)OC)c1=O. The zero-order valence-corrected chi connectivity index (χ0v) is 50.8. The molecular weight excluding hydrogens is 1100 g/mol. The fourth-order valence-corrected chi connectivity index (χ4v) is 9.15. The largest absolute Gasteiger partial charge is 0.469 e. The first-order valence-electron chi connectivity index (χ1n) is 31.0. The van der Waals surface area contributed by atoms with Crippen molar-refractivity contribution in [3.05, 3.63) is 62.9 Å². The summed E-state index contributed by atoms with van der Waals surface area (Å²) in [5.41, 5.74) is -3.94. The summed E-state index contributed by atoms with van der Waals surface area (Å²) < 4.78 is 26.9. The first-order valence-corrected chi connectivity index (χ1v) is 31.0. The molecule has 0 aliphatic rings. The van der Waals surface area contributed by atoms with E-state index in [2.05, 4.69) is 26.0 Å². The minimum absolute atomic E-state index is 0.0268. The van der Waals surface area contributed by atoms with Crippen molar-refractivity contribution in [1.29, 1.82) is 0 Å². The number of nitrogens with zero attached hydrogens (tertiary/aromatic N) is 6. The van der Waals surface area contributed by atoms with Crippen molar-refractivity contribution in [3.63, 3.8) is 0 Å². The van der Waals surface area contributed by atoms with Crippen molar-refractivity contribution in [3.8, 4) is 0 Å². The Balaban J connectivity index is 1.76. The summed E-state index contributed by atoms with van der Waals surface area (Å²) in [5, 5.41) is 10.8. The first kappa shape index (κ1) is 74.5. The molecule has 85 heavy (non-hydrogen) atoms. The van der Waals surface area contributed by atoms with E-state index in [-0.39, 0.29) is 95.7 Å². The second-order valence-corrected chi connectivity index (χ2v) is 21.0. The molecule has 2 aromatic rings. The Morgan fingerprint density at radius 3 is 0.918 bits per heavy atom. The maximum atomic E-state index is 13.6. The van der Waals surface area contributed by atoms with E-state index in [9.17, 15) is 57.5 Å². The van der Waals surface area contributed by atoms with Crippen LogP contribution < -0.4 is 55.4 Å². The third-order valence-corrected chi connectivity index (χ3v) is 14.0. The van der Waals surface area contributed by atoms with Crippen LogP contribution in [0.1, 0.15) is 187 Å². The Kier molecular flexibility index (Phi) is 40.9. The van der Waals surface area contributed by atoms with E-state index in [1.165, 1.54) is 7.11 Å². The lowest BCUT2D eigenvalue weighted by Crippen LogP contribution is -2.54. The third-order valence-electron chi connectivity index (χ3n) is 14.0. The Hall–Kier alpha value is -6.63. The van der Waals surface area contributed by atoms with E-state index < -0.39 is 52.3 Å². The first-order chi connectivity index (χ1) is 41.1. The molecule has 0 fully saturated rings. The van der Waals surface area contributed by atoms with Gasteiger partial charge in [-0.3, -0.25) is 19.2 Å². The molecule has 0 atom stereocenters. The maximum absolute atomic E-state index is 13.6. The molecular formula is C57H96B2N10O16. The van der Waals surface area contributed by atoms with Crippen molar-refractivity contribution in [2.24, 2.45) is 0 Å². The minimum atomic E-state index is -0.662. The van der Waals surface area contributed by atoms with Crippen LogP contribution in [0.2, 0.25) is 12.6 Å². The fourth-order valence-electron chi connectivity index (χ4n) is 9.15. The number of ether oxygens (including phenoxy) is 4. The van der Waals surface area contributed by atoms with E-state index in [1.54, 1.807) is 0 Å². The molecule has 2 heterocycles. The lowest BCUT2D eigenvalue weighted by Gasteiger charge is -2.14. The molecule has 4 N–H and O–H groups in total. The van der Waals surface area contributed by atoms with Gasteiger partial charge in [-0.05, 0) is 96.1 Å². The molecule has 0 aromatic carbocycles. The molecule has 0 unspecified atom stereocenters. The summed E-state index contributed by atoms with van der Waals surface area (Å²) in [5.74, 6) is -1.18. The van der Waals surface area contributed by atoms with Crippen molar-refractivity contribution >= 4 is 51.6 Å². The van der Waals surface area contributed by atoms with E-state index in [4.69, 9.17) is 29.9 Å². The van der Waals surface area contributed by atoms with Crippen LogP contribution in [0.15, 0.2) is 28.8 Å². The zero-order chi connectivity index (χ0) is 62.5. The van der Waals surface area contributed by atoms with Crippen molar-refractivity contribution < 1.29 is 47.7 Å². The van der Waals surface area contributed by atoms with Crippen LogP contribution in [0.4, 0.5) is 9.59 Å². The van der Waals surface area contributed by atoms with Crippen LogP contribution in [0.3, 0.4) is 0 Å². The molecule has 476 valence electrons. The number of esters is 2. The highest BCUT2D eigenvalue weighted by Crippen LogP contribution is 2.08. The quantitative estimate of drug-likeness (QED) is 0.0316. The average molecular weight is 1200 g/mol. The summed E-state index contributed by atoms with van der Waals surface area (Å²) in [4.78, 5) is 152. The monoisotopic (exact) mass is 1200 g/mol. The molecule has 4 radical (unpaired) electrons. The van der Waals surface area contributed by atoms with Gasteiger partial charge in [0.2, 0.25) is 11.8 Å². The van der Waals surface area contributed by atoms with Gasteiger partial charge in [0, 0.05) is 84.7 Å². The molecule has 0 saturated carbocycles. The third kappa shape index (κ3) is 31.9. The van der Waals surface area contributed by atoms with Gasteiger partial charge >= 0.3 is 58.3 Å². The second kappa shape index (κ2) is 46.6. The summed E-state index contributed by atoms with van der Waals surface area (Å²) in [6.45, 7) is 4.81. The van der Waals surface area contributed by atoms with Crippen molar-refractivity contribution in [2.45, 2.75) is 239 Å². The Morgan fingerprint density at radius 2 is 0.612 bits per heavy atom. The van der Waals surface area contributed by atoms with E-state index in [0.29, 0.717) is 174 Å². The van der Waals surface area contributed by atoms with Crippen LogP contribution >= 0.6 is 0 Å². The lowest BCUT2D eigenvalue weighted by molar-refractivity contribution is -0.144. The Morgan fingerprint density at radius 1 is 0.341 bits per heavy atom. The summed E-state index contributed by atoms with van der Waals surface area (Å²) in [6, 6.07) is 0. The molecule has 0 aliphatic heterocycles. The predicted molar refractivity (Wildman–Crippen MR) is 322 cm³/mol. The molecule has 0 saturated heterocycles. The number of hydrogen-bond donors (Lipinski definition) is 4. The number of unbranched alkanes of at least 4 members (excludes halogenated alkanes) is 18. The predicted octanol–water partition coefficient (Wildman–Crippen LogP) is 3.87. The topological polar surface area (TPSA) is 319 Å². The number of nitrogens with one attached hydrogen (secondary N) is 4. The molecule has 2 rings (SSSR count). The van der Waals surface area contributed by atoms with Gasteiger partial charge in [0.05, 0.1) is 42.6 Å². The van der Waals surface area contributed by atoms with Crippen LogP contribution in [0, 0.1) is 0 Å². The van der Waals surface area contributed by atoms with Gasteiger partial charge in [0.15, 0.2) is 0 Å². The number of carbonyl (C=O) groups excluding carboxylic acids is 6. The van der Waals surface area contributed by atoms with Crippen molar-refractivity contribution in [1.82, 2.24) is 48.7 Å². The number of alkyl carbamates (subject to hydrolysis) is 2. The van der Waals surface area contributed by atoms with Crippen LogP contribution in [0.5, 0.6) is 0 Å². The highest BCUT2D eigenvalue weighted by molar-refractivity contribution is 6.19. The smallest absolute Gasteiger partial charge is 0.407 e. The standard InChI is InChI=1S/C57H96B2N10O16/c1-3-41-84-50(74)62-33-20-8-14-26-39-69-55(79)65(54(78)67(57(69)81)38-25-13-7-19-32-61-47(71)45-59)36-23-11-5-17-30-49(73)83-42-28-43-85-51(75)63-34-21-9-15-27-40-68-53(77)64(35-22-10-4-16-29-48(72)82-2)52(76)66(56(68)80)37-24-12-6-18-31-60-46(70)44-58/h3-45H2,1-2H3,(H,60,70)(H,61,71)(H,62,74)(H,63,75). The number of methoxy groups -OCH3 is 1. The molecule has 0 bridgehead atoms. The van der Waals surface area contributed by atoms with Gasteiger partial charge in [-0.1, -0.05) is 84.0 Å². The Bertz CT molecular complexity index is 2670.